The number of carbonyl (C=O) groups excluding carboxylic acids is 1. The van der Waals surface area contributed by atoms with Crippen LogP contribution in [-0.2, 0) is 4.79 Å². The molecule has 1 aromatic rings. The van der Waals surface area contributed by atoms with Gasteiger partial charge in [0.25, 0.3) is 6.47 Å². The first-order chi connectivity index (χ1) is 8.04. The summed E-state index contributed by atoms with van der Waals surface area (Å²) in [5.74, 6) is -0.750. The van der Waals surface area contributed by atoms with Crippen molar-refractivity contribution in [2.75, 3.05) is 0 Å². The van der Waals surface area contributed by atoms with Gasteiger partial charge < -0.3 is 4.74 Å². The SMILES string of the molecule is C/C(F)=C\C=C(/C)c1ccc(OC=O)cc1F. The molecule has 0 N–H and O–H groups in total. The molecule has 0 atom stereocenters. The van der Waals surface area contributed by atoms with Gasteiger partial charge in [0.15, 0.2) is 0 Å². The van der Waals surface area contributed by atoms with Crippen molar-refractivity contribution < 1.29 is 18.3 Å². The second kappa shape index (κ2) is 5.94. The highest BCUT2D eigenvalue weighted by atomic mass is 19.1. The summed E-state index contributed by atoms with van der Waals surface area (Å²) < 4.78 is 30.6. The molecular weight excluding hydrogens is 226 g/mol. The van der Waals surface area contributed by atoms with Crippen LogP contribution in [-0.4, -0.2) is 6.47 Å². The molecule has 0 radical (unpaired) electrons. The summed E-state index contributed by atoms with van der Waals surface area (Å²) in [6, 6.07) is 4.05. The van der Waals surface area contributed by atoms with E-state index in [9.17, 15) is 13.6 Å². The van der Waals surface area contributed by atoms with Crippen LogP contribution in [0.25, 0.3) is 5.57 Å². The van der Waals surface area contributed by atoms with Crippen LogP contribution in [0, 0.1) is 5.82 Å². The van der Waals surface area contributed by atoms with Gasteiger partial charge in [0, 0.05) is 11.6 Å². The number of rotatable bonds is 4. The van der Waals surface area contributed by atoms with Crippen LogP contribution in [0.5, 0.6) is 5.75 Å². The van der Waals surface area contributed by atoms with E-state index in [0.717, 1.165) is 6.07 Å². The Morgan fingerprint density at radius 3 is 2.53 bits per heavy atom. The van der Waals surface area contributed by atoms with Gasteiger partial charge in [-0.2, -0.15) is 0 Å². The first-order valence-corrected chi connectivity index (χ1v) is 4.95. The Morgan fingerprint density at radius 2 is 2.00 bits per heavy atom. The van der Waals surface area contributed by atoms with E-state index in [1.54, 1.807) is 6.92 Å². The number of hydrogen-bond acceptors (Lipinski definition) is 2. The predicted octanol–water partition coefficient (Wildman–Crippen LogP) is 3.64. The second-order valence-corrected chi connectivity index (χ2v) is 3.46. The summed E-state index contributed by atoms with van der Waals surface area (Å²) in [5.41, 5.74) is 0.915. The molecule has 0 saturated carbocycles. The highest BCUT2D eigenvalue weighted by Gasteiger charge is 2.05. The average Bonchev–Trinajstić information content (AvgIpc) is 2.26. The van der Waals surface area contributed by atoms with Gasteiger partial charge in [-0.1, -0.05) is 6.08 Å². The van der Waals surface area contributed by atoms with E-state index in [-0.39, 0.29) is 18.0 Å². The molecule has 0 saturated heterocycles. The fourth-order valence-corrected chi connectivity index (χ4v) is 1.27. The zero-order valence-corrected chi connectivity index (χ0v) is 9.54. The molecule has 0 amide bonds. The molecule has 0 bridgehead atoms. The van der Waals surface area contributed by atoms with E-state index in [1.165, 1.54) is 31.2 Å². The Labute approximate surface area is 98.2 Å². The molecule has 0 aliphatic carbocycles. The summed E-state index contributed by atoms with van der Waals surface area (Å²) >= 11 is 0. The monoisotopic (exact) mass is 238 g/mol. The quantitative estimate of drug-likeness (QED) is 0.591. The maximum atomic E-state index is 13.6. The van der Waals surface area contributed by atoms with Crippen LogP contribution in [0.1, 0.15) is 19.4 Å². The minimum atomic E-state index is -0.525. The van der Waals surface area contributed by atoms with Crippen LogP contribution in [0.2, 0.25) is 0 Å². The van der Waals surface area contributed by atoms with Crippen molar-refractivity contribution in [1.82, 2.24) is 0 Å². The van der Waals surface area contributed by atoms with Crippen LogP contribution >= 0.6 is 0 Å². The molecule has 1 rings (SSSR count). The van der Waals surface area contributed by atoms with Crippen molar-refractivity contribution in [3.05, 3.63) is 47.6 Å². The highest BCUT2D eigenvalue weighted by molar-refractivity contribution is 5.66. The second-order valence-electron chi connectivity index (χ2n) is 3.46. The molecule has 0 aliphatic rings. The average molecular weight is 238 g/mol. The number of allylic oxidation sites excluding steroid dienone is 4. The van der Waals surface area contributed by atoms with Gasteiger partial charge in [0.2, 0.25) is 0 Å². The molecular formula is C13H12F2O2. The predicted molar refractivity (Wildman–Crippen MR) is 61.6 cm³/mol. The molecule has 0 spiro atoms. The molecule has 0 aliphatic heterocycles. The molecule has 0 aromatic heterocycles. The Morgan fingerprint density at radius 1 is 1.29 bits per heavy atom. The van der Waals surface area contributed by atoms with Gasteiger partial charge in [-0.15, -0.1) is 0 Å². The fourth-order valence-electron chi connectivity index (χ4n) is 1.27. The van der Waals surface area contributed by atoms with Crippen molar-refractivity contribution in [3.8, 4) is 5.75 Å². The van der Waals surface area contributed by atoms with Crippen molar-refractivity contribution in [2.24, 2.45) is 0 Å². The standard InChI is InChI=1S/C13H12F2O2/c1-9(3-4-10(2)14)12-6-5-11(17-8-16)7-13(12)15/h3-8H,1-2H3/b9-3+,10-4+. The Balaban J connectivity index is 3.03. The maximum absolute atomic E-state index is 13.6. The summed E-state index contributed by atoms with van der Waals surface area (Å²) in [4.78, 5) is 10.1. The molecule has 0 unspecified atom stereocenters. The van der Waals surface area contributed by atoms with Crippen molar-refractivity contribution in [3.63, 3.8) is 0 Å². The third-order valence-corrected chi connectivity index (χ3v) is 2.11. The summed E-state index contributed by atoms with van der Waals surface area (Å²) in [5, 5.41) is 0. The largest absolute Gasteiger partial charge is 0.429 e. The van der Waals surface area contributed by atoms with E-state index in [2.05, 4.69) is 4.74 Å². The van der Waals surface area contributed by atoms with Crippen LogP contribution in [0.15, 0.2) is 36.2 Å². The van der Waals surface area contributed by atoms with Crippen molar-refractivity contribution >= 4 is 12.0 Å². The van der Waals surface area contributed by atoms with Gasteiger partial charge in [0.1, 0.15) is 11.6 Å². The third-order valence-electron chi connectivity index (χ3n) is 2.11. The number of ether oxygens (including phenoxy) is 1. The normalized spacial score (nSPS) is 12.5. The molecule has 0 heterocycles. The summed E-state index contributed by atoms with van der Waals surface area (Å²) in [7, 11) is 0. The lowest BCUT2D eigenvalue weighted by atomic mass is 10.1. The Kier molecular flexibility index (Phi) is 4.57. The van der Waals surface area contributed by atoms with E-state index in [0.29, 0.717) is 11.1 Å². The van der Waals surface area contributed by atoms with E-state index < -0.39 is 5.82 Å². The Hall–Kier alpha value is -1.97. The van der Waals surface area contributed by atoms with Crippen molar-refractivity contribution in [1.29, 1.82) is 0 Å². The summed E-state index contributed by atoms with van der Waals surface area (Å²) in [6.07, 6.45) is 2.73. The lowest BCUT2D eigenvalue weighted by molar-refractivity contribution is -0.120. The first kappa shape index (κ1) is 13.1. The molecule has 90 valence electrons. The molecule has 1 aromatic carbocycles. The van der Waals surface area contributed by atoms with Crippen LogP contribution in [0.3, 0.4) is 0 Å². The van der Waals surface area contributed by atoms with Gasteiger partial charge in [0.05, 0.1) is 5.83 Å². The lowest BCUT2D eigenvalue weighted by Crippen LogP contribution is -1.92. The smallest absolute Gasteiger partial charge is 0.298 e. The zero-order valence-electron chi connectivity index (χ0n) is 9.54. The Bertz CT molecular complexity index is 472. The van der Waals surface area contributed by atoms with Gasteiger partial charge >= 0.3 is 0 Å². The van der Waals surface area contributed by atoms with E-state index in [4.69, 9.17) is 0 Å². The minimum absolute atomic E-state index is 0.131. The topological polar surface area (TPSA) is 26.3 Å². The van der Waals surface area contributed by atoms with Gasteiger partial charge in [-0.25, -0.2) is 8.78 Å². The number of hydrogen-bond donors (Lipinski definition) is 0. The minimum Gasteiger partial charge on any atom is -0.429 e. The lowest BCUT2D eigenvalue weighted by Gasteiger charge is -2.04. The molecule has 0 fully saturated rings. The zero-order chi connectivity index (χ0) is 12.8. The van der Waals surface area contributed by atoms with Gasteiger partial charge in [-0.3, -0.25) is 4.79 Å². The third kappa shape index (κ3) is 3.83. The number of halogens is 2. The van der Waals surface area contributed by atoms with E-state index >= 15 is 0 Å². The number of benzene rings is 1. The van der Waals surface area contributed by atoms with E-state index in [1.807, 2.05) is 0 Å². The molecule has 4 heteroatoms. The summed E-state index contributed by atoms with van der Waals surface area (Å²) in [6.45, 7) is 3.20. The first-order valence-electron chi connectivity index (χ1n) is 4.95. The number of carbonyl (C=O) groups is 1. The highest BCUT2D eigenvalue weighted by Crippen LogP contribution is 2.22. The molecule has 17 heavy (non-hydrogen) atoms. The van der Waals surface area contributed by atoms with Crippen molar-refractivity contribution in [2.45, 2.75) is 13.8 Å². The maximum Gasteiger partial charge on any atom is 0.298 e. The van der Waals surface area contributed by atoms with Crippen LogP contribution < -0.4 is 4.74 Å². The fraction of sp³-hybridized carbons (Fsp3) is 0.154. The van der Waals surface area contributed by atoms with Crippen LogP contribution in [0.4, 0.5) is 8.78 Å². The van der Waals surface area contributed by atoms with Gasteiger partial charge in [-0.05, 0) is 37.6 Å². The molecule has 2 nitrogen and oxygen atoms in total.